The Kier molecular flexibility index (Phi) is 3.30. The fraction of sp³-hybridized carbons (Fsp3) is 0.385. The van der Waals surface area contributed by atoms with Gasteiger partial charge in [0.15, 0.2) is 5.78 Å². The Bertz CT molecular complexity index is 527. The summed E-state index contributed by atoms with van der Waals surface area (Å²) in [5.41, 5.74) is 1.37. The van der Waals surface area contributed by atoms with Crippen LogP contribution in [0, 0.1) is 6.92 Å². The number of hydrogen-bond acceptors (Lipinski definition) is 3. The third kappa shape index (κ3) is 1.97. The molecule has 0 aromatic heterocycles. The molecule has 1 aliphatic rings. The summed E-state index contributed by atoms with van der Waals surface area (Å²) in [7, 11) is 1.50. The number of ketones is 1. The van der Waals surface area contributed by atoms with Gasteiger partial charge < -0.3 is 10.1 Å². The van der Waals surface area contributed by atoms with Crippen LogP contribution in [0.2, 0.25) is 5.02 Å². The molecule has 1 heterocycles. The Hall–Kier alpha value is -1.55. The van der Waals surface area contributed by atoms with Crippen molar-refractivity contribution in [2.24, 2.45) is 0 Å². The Balaban J connectivity index is 2.57. The smallest absolute Gasteiger partial charge is 0.235 e. The van der Waals surface area contributed by atoms with Gasteiger partial charge in [0, 0.05) is 10.6 Å². The fourth-order valence-electron chi connectivity index (χ4n) is 2.19. The molecule has 1 amide bonds. The number of aryl methyl sites for hydroxylation is 1. The van der Waals surface area contributed by atoms with Crippen LogP contribution < -0.4 is 10.1 Å². The summed E-state index contributed by atoms with van der Waals surface area (Å²) in [6.07, 6.45) is 0. The van der Waals surface area contributed by atoms with E-state index in [1.165, 1.54) is 7.11 Å². The molecule has 0 radical (unpaired) electrons. The molecule has 0 saturated carbocycles. The van der Waals surface area contributed by atoms with Crippen molar-refractivity contribution in [3.05, 3.63) is 28.3 Å². The van der Waals surface area contributed by atoms with Gasteiger partial charge in [-0.25, -0.2) is 0 Å². The molecule has 18 heavy (non-hydrogen) atoms. The highest BCUT2D eigenvalue weighted by atomic mass is 35.5. The lowest BCUT2D eigenvalue weighted by Crippen LogP contribution is -2.25. The Labute approximate surface area is 110 Å². The SMILES string of the molecule is COc1cc(C)cc(Cl)c1C1C(=O)NC(C)C1=O. The lowest BCUT2D eigenvalue weighted by atomic mass is 9.93. The normalized spacial score (nSPS) is 23.1. The summed E-state index contributed by atoms with van der Waals surface area (Å²) in [6, 6.07) is 3.01. The summed E-state index contributed by atoms with van der Waals surface area (Å²) in [6.45, 7) is 3.53. The molecule has 1 N–H and O–H groups in total. The van der Waals surface area contributed by atoms with Crippen molar-refractivity contribution in [1.29, 1.82) is 0 Å². The second kappa shape index (κ2) is 4.61. The minimum atomic E-state index is -0.872. The molecule has 1 aromatic carbocycles. The first-order chi connectivity index (χ1) is 8.45. The van der Waals surface area contributed by atoms with Gasteiger partial charge in [0.05, 0.1) is 13.2 Å². The van der Waals surface area contributed by atoms with Crippen LogP contribution in [0.5, 0.6) is 5.75 Å². The molecule has 0 aliphatic carbocycles. The summed E-state index contributed by atoms with van der Waals surface area (Å²) in [5.74, 6) is -0.897. The second-order valence-electron chi connectivity index (χ2n) is 4.43. The van der Waals surface area contributed by atoms with Crippen LogP contribution in [-0.2, 0) is 9.59 Å². The van der Waals surface area contributed by atoms with Gasteiger partial charge >= 0.3 is 0 Å². The quantitative estimate of drug-likeness (QED) is 0.832. The van der Waals surface area contributed by atoms with E-state index in [9.17, 15) is 9.59 Å². The number of benzene rings is 1. The number of carbonyl (C=O) groups excluding carboxylic acids is 2. The Morgan fingerprint density at radius 2 is 2.00 bits per heavy atom. The number of halogens is 1. The predicted octanol–water partition coefficient (Wildman–Crippen LogP) is 1.83. The highest BCUT2D eigenvalue weighted by Crippen LogP contribution is 2.37. The Morgan fingerprint density at radius 1 is 1.33 bits per heavy atom. The monoisotopic (exact) mass is 267 g/mol. The van der Waals surface area contributed by atoms with Gasteiger partial charge in [0.25, 0.3) is 0 Å². The van der Waals surface area contributed by atoms with Crippen molar-refractivity contribution in [1.82, 2.24) is 5.32 Å². The van der Waals surface area contributed by atoms with Crippen LogP contribution in [-0.4, -0.2) is 24.8 Å². The first-order valence-corrected chi connectivity index (χ1v) is 6.01. The summed E-state index contributed by atoms with van der Waals surface area (Å²) < 4.78 is 5.23. The zero-order valence-corrected chi connectivity index (χ0v) is 11.2. The van der Waals surface area contributed by atoms with E-state index in [0.29, 0.717) is 16.3 Å². The maximum Gasteiger partial charge on any atom is 0.235 e. The first-order valence-electron chi connectivity index (χ1n) is 5.64. The zero-order valence-electron chi connectivity index (χ0n) is 10.4. The number of methoxy groups -OCH3 is 1. The fourth-order valence-corrected chi connectivity index (χ4v) is 2.57. The predicted molar refractivity (Wildman–Crippen MR) is 68.1 cm³/mol. The van der Waals surface area contributed by atoms with Crippen LogP contribution in [0.25, 0.3) is 0 Å². The van der Waals surface area contributed by atoms with E-state index in [-0.39, 0.29) is 11.7 Å². The highest BCUT2D eigenvalue weighted by molar-refractivity contribution is 6.33. The van der Waals surface area contributed by atoms with Crippen LogP contribution >= 0.6 is 11.6 Å². The van der Waals surface area contributed by atoms with Crippen molar-refractivity contribution in [2.75, 3.05) is 7.11 Å². The van der Waals surface area contributed by atoms with Crippen molar-refractivity contribution in [2.45, 2.75) is 25.8 Å². The van der Waals surface area contributed by atoms with E-state index in [4.69, 9.17) is 16.3 Å². The third-order valence-electron chi connectivity index (χ3n) is 3.08. The second-order valence-corrected chi connectivity index (χ2v) is 4.84. The van der Waals surface area contributed by atoms with Gasteiger partial charge in [0.2, 0.25) is 5.91 Å². The van der Waals surface area contributed by atoms with Gasteiger partial charge in [-0.1, -0.05) is 11.6 Å². The van der Waals surface area contributed by atoms with Gasteiger partial charge in [-0.05, 0) is 31.5 Å². The lowest BCUT2D eigenvalue weighted by Gasteiger charge is -2.14. The van der Waals surface area contributed by atoms with Crippen LogP contribution in [0.1, 0.15) is 24.0 Å². The molecule has 96 valence electrons. The van der Waals surface area contributed by atoms with E-state index < -0.39 is 12.0 Å². The van der Waals surface area contributed by atoms with E-state index in [1.807, 2.05) is 6.92 Å². The molecule has 1 aromatic rings. The number of rotatable bonds is 2. The van der Waals surface area contributed by atoms with E-state index >= 15 is 0 Å². The first kappa shape index (κ1) is 12.9. The molecular weight excluding hydrogens is 254 g/mol. The molecule has 2 rings (SSSR count). The van der Waals surface area contributed by atoms with Crippen molar-refractivity contribution < 1.29 is 14.3 Å². The number of hydrogen-bond donors (Lipinski definition) is 1. The van der Waals surface area contributed by atoms with Crippen LogP contribution in [0.4, 0.5) is 0 Å². The van der Waals surface area contributed by atoms with Gasteiger partial charge in [-0.15, -0.1) is 0 Å². The van der Waals surface area contributed by atoms with E-state index in [2.05, 4.69) is 5.32 Å². The van der Waals surface area contributed by atoms with Crippen LogP contribution in [0.3, 0.4) is 0 Å². The molecule has 4 nitrogen and oxygen atoms in total. The largest absolute Gasteiger partial charge is 0.496 e. The van der Waals surface area contributed by atoms with E-state index in [1.54, 1.807) is 19.1 Å². The molecule has 0 bridgehead atoms. The third-order valence-corrected chi connectivity index (χ3v) is 3.39. The number of amides is 1. The number of Topliss-reactive ketones (excluding diaryl/α,β-unsaturated/α-hetero) is 1. The lowest BCUT2D eigenvalue weighted by molar-refractivity contribution is -0.124. The number of nitrogens with one attached hydrogen (secondary N) is 1. The topological polar surface area (TPSA) is 55.4 Å². The standard InChI is InChI=1S/C13H14ClNO3/c1-6-4-8(14)10(9(5-6)18-3)11-12(16)7(2)15-13(11)17/h4-5,7,11H,1-3H3,(H,15,17). The molecule has 2 atom stereocenters. The highest BCUT2D eigenvalue weighted by Gasteiger charge is 2.42. The number of carbonyl (C=O) groups is 2. The molecule has 5 heteroatoms. The van der Waals surface area contributed by atoms with Crippen molar-refractivity contribution in [3.63, 3.8) is 0 Å². The average molecular weight is 268 g/mol. The zero-order chi connectivity index (χ0) is 13.4. The Morgan fingerprint density at radius 3 is 2.50 bits per heavy atom. The minimum Gasteiger partial charge on any atom is -0.496 e. The summed E-state index contributed by atoms with van der Waals surface area (Å²) >= 11 is 6.16. The molecule has 0 spiro atoms. The van der Waals surface area contributed by atoms with Crippen molar-refractivity contribution in [3.8, 4) is 5.75 Å². The summed E-state index contributed by atoms with van der Waals surface area (Å²) in [4.78, 5) is 23.9. The maximum atomic E-state index is 12.0. The number of ether oxygens (including phenoxy) is 1. The van der Waals surface area contributed by atoms with Crippen molar-refractivity contribution >= 4 is 23.3 Å². The van der Waals surface area contributed by atoms with Gasteiger partial charge in [-0.2, -0.15) is 0 Å². The molecule has 1 fully saturated rings. The molecular formula is C13H14ClNO3. The van der Waals surface area contributed by atoms with Gasteiger partial charge in [-0.3, -0.25) is 9.59 Å². The summed E-state index contributed by atoms with van der Waals surface area (Å²) in [5, 5.41) is 2.99. The van der Waals surface area contributed by atoms with Crippen LogP contribution in [0.15, 0.2) is 12.1 Å². The minimum absolute atomic E-state index is 0.177. The van der Waals surface area contributed by atoms with E-state index in [0.717, 1.165) is 5.56 Å². The average Bonchev–Trinajstić information content (AvgIpc) is 2.54. The van der Waals surface area contributed by atoms with Gasteiger partial charge in [0.1, 0.15) is 11.7 Å². The molecule has 1 aliphatic heterocycles. The maximum absolute atomic E-state index is 12.0. The molecule has 2 unspecified atom stereocenters. The molecule has 1 saturated heterocycles.